The number of rotatable bonds is 4. The molecule has 1 rings (SSSR count). The van der Waals surface area contributed by atoms with Gasteiger partial charge < -0.3 is 15.5 Å². The summed E-state index contributed by atoms with van der Waals surface area (Å²) in [6.07, 6.45) is 0.855. The highest BCUT2D eigenvalue weighted by Gasteiger charge is 2.05. The summed E-state index contributed by atoms with van der Waals surface area (Å²) in [4.78, 5) is 8.09. The molecular weight excluding hydrogens is 250 g/mol. The zero-order valence-electron chi connectivity index (χ0n) is 7.74. The molecule has 0 aliphatic rings. The number of halogens is 1. The Morgan fingerprint density at radius 3 is 3.00 bits per heavy atom. The Kier molecular flexibility index (Phi) is 4.24. The molecule has 0 aliphatic heterocycles. The van der Waals surface area contributed by atoms with Gasteiger partial charge in [-0.25, -0.2) is 9.97 Å². The second-order valence-electron chi connectivity index (χ2n) is 2.83. The largest absolute Gasteiger partial charge is 0.394 e. The summed E-state index contributed by atoms with van der Waals surface area (Å²) in [5, 5.41) is 20.6. The number of aliphatic hydroxyl groups excluding tert-OH is 2. The summed E-state index contributed by atoms with van der Waals surface area (Å²) in [5.74, 6) is 1.26. The minimum Gasteiger partial charge on any atom is -0.394 e. The van der Waals surface area contributed by atoms with Crippen molar-refractivity contribution < 1.29 is 10.2 Å². The lowest BCUT2D eigenvalue weighted by Crippen LogP contribution is -2.23. The maximum atomic E-state index is 9.11. The molecule has 6 heteroatoms. The number of aryl methyl sites for hydroxylation is 1. The van der Waals surface area contributed by atoms with E-state index in [0.717, 1.165) is 4.47 Å². The van der Waals surface area contributed by atoms with E-state index in [-0.39, 0.29) is 13.2 Å². The van der Waals surface area contributed by atoms with Gasteiger partial charge in [-0.05, 0) is 22.9 Å². The molecule has 0 bridgehead atoms. The Morgan fingerprint density at radius 1 is 1.64 bits per heavy atom. The fourth-order valence-electron chi connectivity index (χ4n) is 0.858. The van der Waals surface area contributed by atoms with Crippen molar-refractivity contribution >= 4 is 21.7 Å². The van der Waals surface area contributed by atoms with E-state index in [0.29, 0.717) is 11.6 Å². The van der Waals surface area contributed by atoms with Crippen molar-refractivity contribution in [3.05, 3.63) is 16.5 Å². The van der Waals surface area contributed by atoms with Crippen LogP contribution in [0.1, 0.15) is 5.82 Å². The van der Waals surface area contributed by atoms with E-state index >= 15 is 0 Å². The third-order valence-corrected chi connectivity index (χ3v) is 2.16. The number of hydrogen-bond donors (Lipinski definition) is 3. The molecule has 1 heterocycles. The lowest BCUT2D eigenvalue weighted by molar-refractivity contribution is 0.105. The SMILES string of the molecule is Cc1ncc(Br)c(NCC(O)CO)n1. The van der Waals surface area contributed by atoms with Gasteiger partial charge in [0.25, 0.3) is 0 Å². The van der Waals surface area contributed by atoms with Gasteiger partial charge in [-0.2, -0.15) is 0 Å². The van der Waals surface area contributed by atoms with Gasteiger partial charge in [0.05, 0.1) is 17.2 Å². The number of anilines is 1. The van der Waals surface area contributed by atoms with Crippen LogP contribution in [0.15, 0.2) is 10.7 Å². The molecule has 14 heavy (non-hydrogen) atoms. The van der Waals surface area contributed by atoms with Crippen LogP contribution in [-0.2, 0) is 0 Å². The van der Waals surface area contributed by atoms with Crippen LogP contribution in [0.2, 0.25) is 0 Å². The second-order valence-corrected chi connectivity index (χ2v) is 3.69. The van der Waals surface area contributed by atoms with Crippen molar-refractivity contribution in [1.29, 1.82) is 0 Å². The summed E-state index contributed by atoms with van der Waals surface area (Å²) < 4.78 is 0.730. The van der Waals surface area contributed by atoms with Crippen LogP contribution in [-0.4, -0.2) is 39.4 Å². The van der Waals surface area contributed by atoms with E-state index in [4.69, 9.17) is 10.2 Å². The maximum Gasteiger partial charge on any atom is 0.144 e. The van der Waals surface area contributed by atoms with Gasteiger partial charge in [0, 0.05) is 12.7 Å². The first kappa shape index (κ1) is 11.4. The van der Waals surface area contributed by atoms with Crippen molar-refractivity contribution in [1.82, 2.24) is 9.97 Å². The Hall–Kier alpha value is -0.720. The molecule has 5 nitrogen and oxygen atoms in total. The minimum absolute atomic E-state index is 0.256. The predicted octanol–water partition coefficient (Wildman–Crippen LogP) is 0.313. The lowest BCUT2D eigenvalue weighted by atomic mass is 10.4. The Labute approximate surface area is 90.3 Å². The van der Waals surface area contributed by atoms with Crippen molar-refractivity contribution in [2.75, 3.05) is 18.5 Å². The highest BCUT2D eigenvalue weighted by Crippen LogP contribution is 2.17. The standard InChI is InChI=1S/C8H12BrN3O2/c1-5-10-3-7(9)8(12-5)11-2-6(14)4-13/h3,6,13-14H,2,4H2,1H3,(H,10,11,12). The first-order chi connectivity index (χ1) is 6.63. The van der Waals surface area contributed by atoms with E-state index in [2.05, 4.69) is 31.2 Å². The second kappa shape index (κ2) is 5.23. The molecule has 0 saturated heterocycles. The van der Waals surface area contributed by atoms with Crippen molar-refractivity contribution in [3.63, 3.8) is 0 Å². The van der Waals surface area contributed by atoms with Crippen LogP contribution >= 0.6 is 15.9 Å². The van der Waals surface area contributed by atoms with Gasteiger partial charge in [0.1, 0.15) is 11.6 Å². The zero-order valence-corrected chi connectivity index (χ0v) is 9.32. The lowest BCUT2D eigenvalue weighted by Gasteiger charge is -2.10. The molecule has 0 radical (unpaired) electrons. The van der Waals surface area contributed by atoms with E-state index < -0.39 is 6.10 Å². The molecule has 0 saturated carbocycles. The van der Waals surface area contributed by atoms with E-state index in [1.54, 1.807) is 13.1 Å². The fourth-order valence-corrected chi connectivity index (χ4v) is 1.19. The van der Waals surface area contributed by atoms with E-state index in [1.807, 2.05) is 0 Å². The van der Waals surface area contributed by atoms with Crippen LogP contribution < -0.4 is 5.32 Å². The first-order valence-corrected chi connectivity index (χ1v) is 4.94. The highest BCUT2D eigenvalue weighted by atomic mass is 79.9. The van der Waals surface area contributed by atoms with Gasteiger partial charge in [0.2, 0.25) is 0 Å². The quantitative estimate of drug-likeness (QED) is 0.728. The molecular formula is C8H12BrN3O2. The number of aromatic nitrogens is 2. The number of nitrogens with zero attached hydrogens (tertiary/aromatic N) is 2. The van der Waals surface area contributed by atoms with Crippen molar-refractivity contribution in [2.24, 2.45) is 0 Å². The molecule has 0 spiro atoms. The average molecular weight is 262 g/mol. The Morgan fingerprint density at radius 2 is 2.36 bits per heavy atom. The molecule has 1 aromatic rings. The third-order valence-electron chi connectivity index (χ3n) is 1.58. The fraction of sp³-hybridized carbons (Fsp3) is 0.500. The molecule has 1 aromatic heterocycles. The number of aliphatic hydroxyl groups is 2. The van der Waals surface area contributed by atoms with Gasteiger partial charge in [0.15, 0.2) is 0 Å². The zero-order chi connectivity index (χ0) is 10.6. The molecule has 0 aliphatic carbocycles. The summed E-state index contributed by atoms with van der Waals surface area (Å²) in [6.45, 7) is 1.76. The number of nitrogens with one attached hydrogen (secondary N) is 1. The molecule has 1 atom stereocenters. The Balaban J connectivity index is 2.62. The molecule has 0 aromatic carbocycles. The summed E-state index contributed by atoms with van der Waals surface area (Å²) in [7, 11) is 0. The molecule has 0 fully saturated rings. The third kappa shape index (κ3) is 3.21. The van der Waals surface area contributed by atoms with Gasteiger partial charge in [-0.1, -0.05) is 0 Å². The minimum atomic E-state index is -0.780. The highest BCUT2D eigenvalue weighted by molar-refractivity contribution is 9.10. The maximum absolute atomic E-state index is 9.11. The average Bonchev–Trinajstić information content (AvgIpc) is 2.19. The van der Waals surface area contributed by atoms with Crippen molar-refractivity contribution in [3.8, 4) is 0 Å². The molecule has 78 valence electrons. The van der Waals surface area contributed by atoms with Crippen LogP contribution in [0.4, 0.5) is 5.82 Å². The summed E-state index contributed by atoms with van der Waals surface area (Å²) >= 11 is 3.27. The van der Waals surface area contributed by atoms with Crippen LogP contribution in [0.3, 0.4) is 0 Å². The number of hydrogen-bond acceptors (Lipinski definition) is 5. The normalized spacial score (nSPS) is 12.6. The monoisotopic (exact) mass is 261 g/mol. The van der Waals surface area contributed by atoms with Crippen molar-refractivity contribution in [2.45, 2.75) is 13.0 Å². The first-order valence-electron chi connectivity index (χ1n) is 4.15. The molecule has 0 amide bonds. The van der Waals surface area contributed by atoms with Gasteiger partial charge in [-0.3, -0.25) is 0 Å². The molecule has 1 unspecified atom stereocenters. The molecule has 3 N–H and O–H groups in total. The van der Waals surface area contributed by atoms with Crippen LogP contribution in [0.25, 0.3) is 0 Å². The van der Waals surface area contributed by atoms with E-state index in [1.165, 1.54) is 0 Å². The Bertz CT molecular complexity index is 309. The summed E-state index contributed by atoms with van der Waals surface area (Å²) in [5.41, 5.74) is 0. The van der Waals surface area contributed by atoms with Crippen LogP contribution in [0.5, 0.6) is 0 Å². The van der Waals surface area contributed by atoms with Gasteiger partial charge >= 0.3 is 0 Å². The predicted molar refractivity (Wildman–Crippen MR) is 56.1 cm³/mol. The smallest absolute Gasteiger partial charge is 0.144 e. The van der Waals surface area contributed by atoms with Gasteiger partial charge in [-0.15, -0.1) is 0 Å². The van der Waals surface area contributed by atoms with Crippen LogP contribution in [0, 0.1) is 6.92 Å². The topological polar surface area (TPSA) is 78.3 Å². The summed E-state index contributed by atoms with van der Waals surface area (Å²) in [6, 6.07) is 0. The van der Waals surface area contributed by atoms with E-state index in [9.17, 15) is 0 Å².